The number of hydrogen-bond donors (Lipinski definition) is 1. The lowest BCUT2D eigenvalue weighted by Crippen LogP contribution is -2.47. The number of carboxylic acids is 1. The summed E-state index contributed by atoms with van der Waals surface area (Å²) in [5.41, 5.74) is 0.609. The highest BCUT2D eigenvalue weighted by Gasteiger charge is 2.23. The lowest BCUT2D eigenvalue weighted by atomic mass is 10.1. The van der Waals surface area contributed by atoms with E-state index in [1.807, 2.05) is 11.8 Å². The Kier molecular flexibility index (Phi) is 6.37. The van der Waals surface area contributed by atoms with Crippen LogP contribution in [-0.2, 0) is 13.2 Å². The molecular formula is C24H23FN6O4S. The van der Waals surface area contributed by atoms with Crippen LogP contribution in [0.1, 0.15) is 17.3 Å². The van der Waals surface area contributed by atoms with Gasteiger partial charge in [0.1, 0.15) is 11.4 Å². The average molecular weight is 511 g/mol. The first-order valence-electron chi connectivity index (χ1n) is 11.4. The Labute approximate surface area is 209 Å². The summed E-state index contributed by atoms with van der Waals surface area (Å²) in [7, 11) is 0. The first kappa shape index (κ1) is 23.8. The third-order valence-electron chi connectivity index (χ3n) is 6.30. The Morgan fingerprint density at radius 3 is 2.58 bits per heavy atom. The van der Waals surface area contributed by atoms with Gasteiger partial charge in [0, 0.05) is 62.3 Å². The quantitative estimate of drug-likeness (QED) is 0.391. The summed E-state index contributed by atoms with van der Waals surface area (Å²) >= 11 is 5.33. The van der Waals surface area contributed by atoms with Gasteiger partial charge in [0.2, 0.25) is 11.3 Å². The Bertz CT molecular complexity index is 1560. The van der Waals surface area contributed by atoms with Crippen molar-refractivity contribution in [2.24, 2.45) is 0 Å². The molecule has 1 aliphatic heterocycles. The molecule has 1 N–H and O–H groups in total. The number of halogens is 1. The number of benzene rings is 1. The first-order chi connectivity index (χ1) is 17.4. The molecular weight excluding hydrogens is 487 g/mol. The monoisotopic (exact) mass is 510 g/mol. The van der Waals surface area contributed by atoms with Gasteiger partial charge in [0.15, 0.2) is 0 Å². The Morgan fingerprint density at radius 2 is 1.92 bits per heavy atom. The fraction of sp³-hybridized carbons (Fsp3) is 0.292. The molecule has 0 atom stereocenters. The number of aromatic nitrogens is 4. The number of rotatable bonds is 6. The van der Waals surface area contributed by atoms with E-state index in [1.165, 1.54) is 6.20 Å². The minimum atomic E-state index is -1.33. The third-order valence-corrected chi connectivity index (χ3v) is 6.59. The molecule has 12 heteroatoms. The van der Waals surface area contributed by atoms with Gasteiger partial charge >= 0.3 is 5.97 Å². The zero-order valence-corrected chi connectivity index (χ0v) is 20.2. The second-order valence-corrected chi connectivity index (χ2v) is 8.79. The Morgan fingerprint density at radius 1 is 1.19 bits per heavy atom. The second kappa shape index (κ2) is 9.63. The maximum Gasteiger partial charge on any atom is 0.341 e. The molecule has 36 heavy (non-hydrogen) atoms. The number of nitrogens with zero attached hydrogens (tertiary/aromatic N) is 6. The topological polar surface area (TPSA) is 110 Å². The van der Waals surface area contributed by atoms with Crippen LogP contribution in [0, 0.1) is 10.7 Å². The van der Waals surface area contributed by atoms with Gasteiger partial charge in [-0.15, -0.1) is 5.10 Å². The van der Waals surface area contributed by atoms with Gasteiger partial charge in [-0.2, -0.15) is 0 Å². The minimum Gasteiger partial charge on any atom is -0.477 e. The van der Waals surface area contributed by atoms with Crippen molar-refractivity contribution in [3.63, 3.8) is 0 Å². The third kappa shape index (κ3) is 4.40. The highest BCUT2D eigenvalue weighted by atomic mass is 32.1. The van der Waals surface area contributed by atoms with Gasteiger partial charge < -0.3 is 19.0 Å². The molecule has 0 amide bonds. The molecule has 5 rings (SSSR count). The van der Waals surface area contributed by atoms with E-state index in [1.54, 1.807) is 39.8 Å². The molecule has 3 aromatic heterocycles. The molecule has 1 saturated heterocycles. The average Bonchev–Trinajstić information content (AvgIpc) is 3.25. The lowest BCUT2D eigenvalue weighted by Gasteiger charge is -2.36. The molecule has 0 bridgehead atoms. The number of piperazine rings is 1. The number of aryl methyl sites for hydroxylation is 1. The van der Waals surface area contributed by atoms with E-state index in [4.69, 9.17) is 16.6 Å². The smallest absolute Gasteiger partial charge is 0.341 e. The highest BCUT2D eigenvalue weighted by Crippen LogP contribution is 2.26. The fourth-order valence-electron chi connectivity index (χ4n) is 4.38. The fourth-order valence-corrected chi connectivity index (χ4v) is 4.56. The molecule has 0 saturated carbocycles. The highest BCUT2D eigenvalue weighted by molar-refractivity contribution is 7.71. The van der Waals surface area contributed by atoms with Crippen molar-refractivity contribution in [3.8, 4) is 11.5 Å². The van der Waals surface area contributed by atoms with Crippen LogP contribution in [-0.4, -0.2) is 61.5 Å². The zero-order chi connectivity index (χ0) is 25.4. The van der Waals surface area contributed by atoms with Crippen LogP contribution in [0.15, 0.2) is 52.1 Å². The molecule has 186 valence electrons. The van der Waals surface area contributed by atoms with Crippen LogP contribution >= 0.6 is 12.2 Å². The number of anilines is 1. The largest absolute Gasteiger partial charge is 0.477 e. The zero-order valence-electron chi connectivity index (χ0n) is 19.4. The van der Waals surface area contributed by atoms with Crippen LogP contribution in [0.2, 0.25) is 0 Å². The number of pyridine rings is 2. The molecule has 0 spiro atoms. The van der Waals surface area contributed by atoms with Crippen molar-refractivity contribution in [3.05, 3.63) is 69.3 Å². The summed E-state index contributed by atoms with van der Waals surface area (Å²) in [6.07, 6.45) is 4.63. The Hall–Kier alpha value is -3.90. The van der Waals surface area contributed by atoms with Crippen LogP contribution in [0.3, 0.4) is 0 Å². The van der Waals surface area contributed by atoms with Crippen molar-refractivity contribution in [2.45, 2.75) is 20.1 Å². The van der Waals surface area contributed by atoms with E-state index in [9.17, 15) is 14.7 Å². The molecule has 10 nitrogen and oxygen atoms in total. The summed E-state index contributed by atoms with van der Waals surface area (Å²) in [5, 5.41) is 13.9. The predicted molar refractivity (Wildman–Crippen MR) is 133 cm³/mol. The van der Waals surface area contributed by atoms with Crippen LogP contribution in [0.5, 0.6) is 0 Å². The predicted octanol–water partition coefficient (Wildman–Crippen LogP) is 3.22. The molecule has 0 aliphatic carbocycles. The van der Waals surface area contributed by atoms with Crippen LogP contribution < -0.4 is 10.3 Å². The van der Waals surface area contributed by atoms with E-state index in [0.29, 0.717) is 56.5 Å². The normalized spacial score (nSPS) is 14.4. The van der Waals surface area contributed by atoms with Gasteiger partial charge in [-0.3, -0.25) is 14.7 Å². The van der Waals surface area contributed by atoms with E-state index in [0.717, 1.165) is 11.6 Å². The number of carboxylic acid groups (broad SMARTS) is 1. The van der Waals surface area contributed by atoms with Crippen molar-refractivity contribution >= 4 is 34.8 Å². The Balaban J connectivity index is 1.34. The van der Waals surface area contributed by atoms with E-state index < -0.39 is 17.2 Å². The first-order valence-corrected chi connectivity index (χ1v) is 11.8. The number of carbonyl (C=O) groups is 1. The second-order valence-electron chi connectivity index (χ2n) is 8.44. The number of aromatic carboxylic acids is 1. The molecule has 0 unspecified atom stereocenters. The van der Waals surface area contributed by atoms with Gasteiger partial charge in [-0.05, 0) is 43.4 Å². The van der Waals surface area contributed by atoms with E-state index in [2.05, 4.69) is 15.0 Å². The van der Waals surface area contributed by atoms with E-state index >= 15 is 4.39 Å². The summed E-state index contributed by atoms with van der Waals surface area (Å²) in [6, 6.07) is 6.36. The summed E-state index contributed by atoms with van der Waals surface area (Å²) in [4.78, 5) is 32.4. The summed E-state index contributed by atoms with van der Waals surface area (Å²) in [5.74, 6) is -1.46. The van der Waals surface area contributed by atoms with Gasteiger partial charge in [-0.1, -0.05) is 0 Å². The van der Waals surface area contributed by atoms with Crippen LogP contribution in [0.25, 0.3) is 22.4 Å². The number of hydrogen-bond acceptors (Lipinski definition) is 8. The van der Waals surface area contributed by atoms with Gasteiger partial charge in [-0.25, -0.2) is 13.9 Å². The van der Waals surface area contributed by atoms with Crippen molar-refractivity contribution in [1.29, 1.82) is 0 Å². The lowest BCUT2D eigenvalue weighted by molar-refractivity contribution is 0.0695. The van der Waals surface area contributed by atoms with Crippen molar-refractivity contribution in [2.75, 3.05) is 31.1 Å². The SMILES string of the molecule is CCn1cc(C(=O)O)c(=O)c2cc(F)c(N3CCN(Cn4nc(-c5ccncc5)oc4=S)CC3)cc21. The van der Waals surface area contributed by atoms with Crippen molar-refractivity contribution < 1.29 is 18.7 Å². The van der Waals surface area contributed by atoms with Crippen LogP contribution in [0.4, 0.5) is 10.1 Å². The molecule has 1 fully saturated rings. The van der Waals surface area contributed by atoms with Crippen molar-refractivity contribution in [1.82, 2.24) is 24.2 Å². The maximum atomic E-state index is 15.1. The maximum absolute atomic E-state index is 15.1. The minimum absolute atomic E-state index is 0.0574. The summed E-state index contributed by atoms with van der Waals surface area (Å²) < 4.78 is 24.0. The molecule has 1 aromatic carbocycles. The summed E-state index contributed by atoms with van der Waals surface area (Å²) in [6.45, 7) is 5.09. The van der Waals surface area contributed by atoms with E-state index in [-0.39, 0.29) is 15.8 Å². The standard InChI is InChI=1S/C24H23FN6O4S/c1-2-29-13-17(23(33)34)21(32)16-11-18(25)20(12-19(16)29)30-9-7-28(8-10-30)14-31-24(36)35-22(27-31)15-3-5-26-6-4-15/h3-6,11-13H,2,7-10,14H2,1H3,(H,33,34). The molecule has 1 aliphatic rings. The molecule has 4 heterocycles. The number of fused-ring (bicyclic) bond motifs is 1. The molecule has 0 radical (unpaired) electrons. The van der Waals surface area contributed by atoms with Gasteiger partial charge in [0.05, 0.1) is 17.9 Å². The molecule has 4 aromatic rings. The van der Waals surface area contributed by atoms with Gasteiger partial charge in [0.25, 0.3) is 4.84 Å².